The average Bonchev–Trinajstić information content (AvgIpc) is 2.86. The number of hydrogen-bond acceptors (Lipinski definition) is 3. The van der Waals surface area contributed by atoms with E-state index >= 15 is 0 Å². The van der Waals surface area contributed by atoms with Crippen molar-refractivity contribution in [2.24, 2.45) is 16.9 Å². The van der Waals surface area contributed by atoms with E-state index in [0.29, 0.717) is 11.8 Å². The molecular weight excluding hydrogens is 307 g/mol. The van der Waals surface area contributed by atoms with Gasteiger partial charge in [-0.15, -0.1) is 0 Å². The van der Waals surface area contributed by atoms with Gasteiger partial charge in [-0.2, -0.15) is 18.3 Å². The van der Waals surface area contributed by atoms with Crippen LogP contribution >= 0.6 is 0 Å². The van der Waals surface area contributed by atoms with Gasteiger partial charge in [0.1, 0.15) is 0 Å². The predicted octanol–water partition coefficient (Wildman–Crippen LogP) is 3.19. The van der Waals surface area contributed by atoms with E-state index < -0.39 is 11.7 Å². The fourth-order valence-electron chi connectivity index (χ4n) is 2.82. The number of anilines is 1. The highest BCUT2D eigenvalue weighted by Crippen LogP contribution is 2.40. The van der Waals surface area contributed by atoms with E-state index in [1.165, 1.54) is 12.1 Å². The van der Waals surface area contributed by atoms with E-state index in [0.717, 1.165) is 30.7 Å². The van der Waals surface area contributed by atoms with E-state index in [1.807, 2.05) is 0 Å². The van der Waals surface area contributed by atoms with E-state index in [9.17, 15) is 18.0 Å². The Balaban J connectivity index is 1.50. The van der Waals surface area contributed by atoms with E-state index in [4.69, 9.17) is 0 Å². The highest BCUT2D eigenvalue weighted by atomic mass is 19.4. The molecule has 1 amide bonds. The molecule has 7 heteroatoms. The number of hydrazone groups is 1. The molecule has 3 rings (SSSR count). The average molecular weight is 323 g/mol. The topological polar surface area (TPSA) is 53.5 Å². The van der Waals surface area contributed by atoms with Gasteiger partial charge in [0.15, 0.2) is 0 Å². The maximum absolute atomic E-state index is 12.6. The first-order valence-electron chi connectivity index (χ1n) is 7.36. The van der Waals surface area contributed by atoms with Crippen molar-refractivity contribution >= 4 is 17.3 Å². The van der Waals surface area contributed by atoms with E-state index in [1.54, 1.807) is 0 Å². The Hall–Kier alpha value is -2.31. The zero-order valence-electron chi connectivity index (χ0n) is 12.2. The molecule has 1 aromatic carbocycles. The molecular formula is C16H16F3N3O. The third kappa shape index (κ3) is 3.55. The van der Waals surface area contributed by atoms with Gasteiger partial charge in [-0.3, -0.25) is 4.79 Å². The fraction of sp³-hybridized carbons (Fsp3) is 0.375. The van der Waals surface area contributed by atoms with Crippen LogP contribution in [0.25, 0.3) is 0 Å². The zero-order chi connectivity index (χ0) is 16.4. The maximum atomic E-state index is 12.6. The van der Waals surface area contributed by atoms with Crippen LogP contribution < -0.4 is 10.7 Å². The summed E-state index contributed by atoms with van der Waals surface area (Å²) >= 11 is 0. The lowest BCUT2D eigenvalue weighted by molar-refractivity contribution is -0.137. The minimum absolute atomic E-state index is 0.137. The molecule has 2 N–H and O–H groups in total. The molecule has 23 heavy (non-hydrogen) atoms. The van der Waals surface area contributed by atoms with Crippen molar-refractivity contribution < 1.29 is 18.0 Å². The Labute approximate surface area is 131 Å². The van der Waals surface area contributed by atoms with Gasteiger partial charge < -0.3 is 5.32 Å². The summed E-state index contributed by atoms with van der Waals surface area (Å²) in [7, 11) is 0. The van der Waals surface area contributed by atoms with Crippen molar-refractivity contribution in [1.29, 1.82) is 0 Å². The molecule has 1 aromatic rings. The van der Waals surface area contributed by atoms with Crippen molar-refractivity contribution in [2.45, 2.75) is 19.0 Å². The molecule has 0 bridgehead atoms. The summed E-state index contributed by atoms with van der Waals surface area (Å²) in [6.45, 7) is -0.137. The summed E-state index contributed by atoms with van der Waals surface area (Å²) in [5, 5.41) is 6.75. The molecule has 2 unspecified atom stereocenters. The molecule has 0 aliphatic heterocycles. The van der Waals surface area contributed by atoms with E-state index in [-0.39, 0.29) is 18.1 Å². The summed E-state index contributed by atoms with van der Waals surface area (Å²) in [4.78, 5) is 11.7. The molecule has 0 radical (unpaired) electrons. The summed E-state index contributed by atoms with van der Waals surface area (Å²) in [6, 6.07) is 4.73. The van der Waals surface area contributed by atoms with Crippen LogP contribution in [-0.2, 0) is 11.0 Å². The SMILES string of the molecule is O=C(CNc1cccc(C(F)(F)F)c1)N/N=C1/CC2CC=CC12. The number of rotatable bonds is 4. The minimum Gasteiger partial charge on any atom is -0.376 e. The Bertz CT molecular complexity index is 667. The minimum atomic E-state index is -4.40. The third-order valence-corrected chi connectivity index (χ3v) is 4.11. The molecule has 0 saturated heterocycles. The Morgan fingerprint density at radius 2 is 2.17 bits per heavy atom. The van der Waals surface area contributed by atoms with Crippen LogP contribution in [0.5, 0.6) is 0 Å². The van der Waals surface area contributed by atoms with Gasteiger partial charge in [-0.05, 0) is 37.0 Å². The predicted molar refractivity (Wildman–Crippen MR) is 80.9 cm³/mol. The number of alkyl halides is 3. The lowest BCUT2D eigenvalue weighted by Crippen LogP contribution is -2.36. The van der Waals surface area contributed by atoms with Gasteiger partial charge in [-0.25, -0.2) is 5.43 Å². The van der Waals surface area contributed by atoms with Crippen molar-refractivity contribution in [3.8, 4) is 0 Å². The number of fused-ring (bicyclic) bond motifs is 1. The normalized spacial score (nSPS) is 24.2. The second kappa shape index (κ2) is 6.06. The quantitative estimate of drug-likeness (QED) is 0.660. The van der Waals surface area contributed by atoms with Crippen molar-refractivity contribution in [3.63, 3.8) is 0 Å². The van der Waals surface area contributed by atoms with Crippen molar-refractivity contribution in [1.82, 2.24) is 5.43 Å². The monoisotopic (exact) mass is 323 g/mol. The lowest BCUT2D eigenvalue weighted by Gasteiger charge is -2.31. The smallest absolute Gasteiger partial charge is 0.376 e. The first-order valence-corrected chi connectivity index (χ1v) is 7.36. The molecule has 122 valence electrons. The van der Waals surface area contributed by atoms with Crippen LogP contribution in [-0.4, -0.2) is 18.2 Å². The lowest BCUT2D eigenvalue weighted by atomic mass is 9.74. The summed E-state index contributed by atoms with van der Waals surface area (Å²) in [6.07, 6.45) is 1.77. The second-order valence-corrected chi connectivity index (χ2v) is 5.72. The molecule has 2 aliphatic rings. The van der Waals surface area contributed by atoms with Crippen molar-refractivity contribution in [3.05, 3.63) is 42.0 Å². The molecule has 1 saturated carbocycles. The summed E-state index contributed by atoms with van der Waals surface area (Å²) in [5.74, 6) is 0.570. The number of nitrogens with one attached hydrogen (secondary N) is 2. The summed E-state index contributed by atoms with van der Waals surface area (Å²) < 4.78 is 37.8. The van der Waals surface area contributed by atoms with Crippen LogP contribution in [0.4, 0.5) is 18.9 Å². The first-order chi connectivity index (χ1) is 10.9. The zero-order valence-corrected chi connectivity index (χ0v) is 12.2. The van der Waals surface area contributed by atoms with Gasteiger partial charge in [0.2, 0.25) is 0 Å². The van der Waals surface area contributed by atoms with Crippen LogP contribution in [0.3, 0.4) is 0 Å². The number of amides is 1. The van der Waals surface area contributed by atoms with E-state index in [2.05, 4.69) is 28.0 Å². The Morgan fingerprint density at radius 3 is 2.91 bits per heavy atom. The van der Waals surface area contributed by atoms with Crippen LogP contribution in [0.15, 0.2) is 41.5 Å². The molecule has 4 nitrogen and oxygen atoms in total. The Morgan fingerprint density at radius 1 is 1.35 bits per heavy atom. The molecule has 0 spiro atoms. The molecule has 2 aliphatic carbocycles. The fourth-order valence-corrected chi connectivity index (χ4v) is 2.82. The maximum Gasteiger partial charge on any atom is 0.416 e. The highest BCUT2D eigenvalue weighted by Gasteiger charge is 2.37. The highest BCUT2D eigenvalue weighted by molar-refractivity contribution is 5.95. The standard InChI is InChI=1S/C16H16F3N3O/c17-16(18,19)11-4-2-5-12(8-11)20-9-15(23)22-21-14-7-10-3-1-6-13(10)14/h1-2,4-6,8,10,13,20H,3,7,9H2,(H,22,23)/b21-14-. The number of benzene rings is 1. The number of carbonyl (C=O) groups excluding carboxylic acids is 1. The largest absolute Gasteiger partial charge is 0.416 e. The van der Waals surface area contributed by atoms with Gasteiger partial charge >= 0.3 is 6.18 Å². The number of halogens is 3. The molecule has 1 fully saturated rings. The number of nitrogens with zero attached hydrogens (tertiary/aromatic N) is 1. The number of carbonyl (C=O) groups is 1. The van der Waals surface area contributed by atoms with Gasteiger partial charge in [-0.1, -0.05) is 18.2 Å². The van der Waals surface area contributed by atoms with Gasteiger partial charge in [0, 0.05) is 17.3 Å². The van der Waals surface area contributed by atoms with Crippen molar-refractivity contribution in [2.75, 3.05) is 11.9 Å². The second-order valence-electron chi connectivity index (χ2n) is 5.72. The molecule has 0 heterocycles. The number of hydrogen-bond donors (Lipinski definition) is 2. The summed E-state index contributed by atoms with van der Waals surface area (Å²) in [5.41, 5.74) is 2.89. The van der Waals surface area contributed by atoms with Gasteiger partial charge in [0.25, 0.3) is 5.91 Å². The number of allylic oxidation sites excluding steroid dienone is 2. The third-order valence-electron chi connectivity index (χ3n) is 4.11. The van der Waals surface area contributed by atoms with Gasteiger partial charge in [0.05, 0.1) is 12.1 Å². The Kier molecular flexibility index (Phi) is 4.11. The molecule has 2 atom stereocenters. The van der Waals surface area contributed by atoms with Crippen LogP contribution in [0.2, 0.25) is 0 Å². The first kappa shape index (κ1) is 15.6. The van der Waals surface area contributed by atoms with Crippen LogP contribution in [0, 0.1) is 11.8 Å². The molecule has 0 aromatic heterocycles. The van der Waals surface area contributed by atoms with Crippen LogP contribution in [0.1, 0.15) is 18.4 Å².